The number of aromatic nitrogens is 1. The van der Waals surface area contributed by atoms with E-state index in [0.29, 0.717) is 0 Å². The van der Waals surface area contributed by atoms with Crippen molar-refractivity contribution < 1.29 is 19.4 Å². The van der Waals surface area contributed by atoms with E-state index in [4.69, 9.17) is 15.1 Å². The van der Waals surface area contributed by atoms with Crippen molar-refractivity contribution in [2.24, 2.45) is 0 Å². The summed E-state index contributed by atoms with van der Waals surface area (Å²) in [7, 11) is 0. The zero-order valence-electron chi connectivity index (χ0n) is 8.71. The Morgan fingerprint density at radius 2 is 2.35 bits per heavy atom. The number of carboxylic acids is 1. The number of nitrogens with zero attached hydrogens (tertiary/aromatic N) is 2. The van der Waals surface area contributed by atoms with Crippen molar-refractivity contribution in [1.29, 1.82) is 5.26 Å². The van der Waals surface area contributed by atoms with Gasteiger partial charge in [-0.1, -0.05) is 0 Å². The lowest BCUT2D eigenvalue weighted by Gasteiger charge is -2.07. The van der Waals surface area contributed by atoms with Crippen molar-refractivity contribution in [2.75, 3.05) is 13.2 Å². The fourth-order valence-corrected chi connectivity index (χ4v) is 1.00. The van der Waals surface area contributed by atoms with Crippen LogP contribution in [0.3, 0.4) is 0 Å². The molecule has 2 N–H and O–H groups in total. The van der Waals surface area contributed by atoms with E-state index >= 15 is 0 Å². The van der Waals surface area contributed by atoms with Gasteiger partial charge in [0.15, 0.2) is 12.4 Å². The predicted molar refractivity (Wildman–Crippen MR) is 55.3 cm³/mol. The Labute approximate surface area is 96.6 Å². The minimum atomic E-state index is -1.17. The number of amides is 1. The van der Waals surface area contributed by atoms with Gasteiger partial charge in [0.1, 0.15) is 12.1 Å². The van der Waals surface area contributed by atoms with Crippen molar-refractivity contribution >= 4 is 11.9 Å². The Bertz CT molecular complexity index is 467. The molecule has 0 aliphatic carbocycles. The molecule has 0 spiro atoms. The highest BCUT2D eigenvalue weighted by molar-refractivity contribution is 5.90. The number of aromatic carboxylic acids is 1. The Morgan fingerprint density at radius 1 is 1.59 bits per heavy atom. The molecular formula is C10H9N3O4. The molecule has 1 rings (SSSR count). The predicted octanol–water partition coefficient (Wildman–Crippen LogP) is -0.202. The molecule has 0 saturated heterocycles. The van der Waals surface area contributed by atoms with E-state index in [0.717, 1.165) is 0 Å². The number of rotatable bonds is 5. The molecule has 7 nitrogen and oxygen atoms in total. The Balaban J connectivity index is 2.61. The molecule has 1 aromatic rings. The van der Waals surface area contributed by atoms with Gasteiger partial charge in [-0.25, -0.2) is 4.79 Å². The van der Waals surface area contributed by atoms with Crippen LogP contribution >= 0.6 is 0 Å². The first kappa shape index (κ1) is 12.4. The zero-order chi connectivity index (χ0) is 12.7. The van der Waals surface area contributed by atoms with Crippen LogP contribution in [0, 0.1) is 11.3 Å². The molecule has 17 heavy (non-hydrogen) atoms. The van der Waals surface area contributed by atoms with Gasteiger partial charge in [0, 0.05) is 6.20 Å². The number of carboxylic acid groups (broad SMARTS) is 1. The maximum absolute atomic E-state index is 11.1. The summed E-state index contributed by atoms with van der Waals surface area (Å²) in [6.07, 6.45) is 2.52. The monoisotopic (exact) mass is 235 g/mol. The molecule has 1 amide bonds. The van der Waals surface area contributed by atoms with Gasteiger partial charge in [-0.2, -0.15) is 5.26 Å². The fourth-order valence-electron chi connectivity index (χ4n) is 1.00. The second kappa shape index (κ2) is 6.07. The Morgan fingerprint density at radius 3 is 3.00 bits per heavy atom. The van der Waals surface area contributed by atoms with Crippen LogP contribution in [-0.2, 0) is 4.79 Å². The van der Waals surface area contributed by atoms with E-state index in [-0.39, 0.29) is 24.5 Å². The number of nitriles is 1. The van der Waals surface area contributed by atoms with Crippen molar-refractivity contribution in [3.63, 3.8) is 0 Å². The second-order valence-electron chi connectivity index (χ2n) is 2.90. The number of hydrogen-bond acceptors (Lipinski definition) is 5. The lowest BCUT2D eigenvalue weighted by molar-refractivity contribution is -0.122. The zero-order valence-corrected chi connectivity index (χ0v) is 8.71. The van der Waals surface area contributed by atoms with Crippen molar-refractivity contribution in [3.8, 4) is 11.8 Å². The topological polar surface area (TPSA) is 112 Å². The van der Waals surface area contributed by atoms with Gasteiger partial charge in [-0.15, -0.1) is 0 Å². The SMILES string of the molecule is N#CCNC(=O)COc1cnccc1C(=O)O. The number of carbonyl (C=O) groups excluding carboxylic acids is 1. The molecule has 0 aliphatic heterocycles. The van der Waals surface area contributed by atoms with Crippen LogP contribution in [0.2, 0.25) is 0 Å². The summed E-state index contributed by atoms with van der Waals surface area (Å²) in [6, 6.07) is 3.00. The number of ether oxygens (including phenoxy) is 1. The van der Waals surface area contributed by atoms with Crippen molar-refractivity contribution in [1.82, 2.24) is 10.3 Å². The van der Waals surface area contributed by atoms with Gasteiger partial charge in [-0.3, -0.25) is 9.78 Å². The molecule has 0 unspecified atom stereocenters. The Hall–Kier alpha value is -2.62. The highest BCUT2D eigenvalue weighted by Crippen LogP contribution is 2.15. The summed E-state index contributed by atoms with van der Waals surface area (Å²) < 4.78 is 4.99. The standard InChI is InChI=1S/C10H9N3O4/c11-2-4-13-9(14)6-17-8-5-12-3-1-7(8)10(15)16/h1,3,5H,4,6H2,(H,13,14)(H,15,16). The van der Waals surface area contributed by atoms with E-state index in [1.807, 2.05) is 0 Å². The molecule has 88 valence electrons. The normalized spacial score (nSPS) is 9.12. The number of nitrogens with one attached hydrogen (secondary N) is 1. The summed E-state index contributed by atoms with van der Waals surface area (Å²) in [5.74, 6) is -1.67. The maximum Gasteiger partial charge on any atom is 0.339 e. The number of carbonyl (C=O) groups is 2. The van der Waals surface area contributed by atoms with Crippen LogP contribution < -0.4 is 10.1 Å². The highest BCUT2D eigenvalue weighted by atomic mass is 16.5. The van der Waals surface area contributed by atoms with Gasteiger partial charge >= 0.3 is 5.97 Å². The lowest BCUT2D eigenvalue weighted by atomic mass is 10.2. The van der Waals surface area contributed by atoms with Crippen molar-refractivity contribution in [3.05, 3.63) is 24.0 Å². The van der Waals surface area contributed by atoms with E-state index in [9.17, 15) is 9.59 Å². The van der Waals surface area contributed by atoms with Crippen LogP contribution in [0.4, 0.5) is 0 Å². The van der Waals surface area contributed by atoms with E-state index in [2.05, 4.69) is 10.3 Å². The molecule has 0 saturated carbocycles. The molecule has 0 bridgehead atoms. The van der Waals surface area contributed by atoms with Crippen LogP contribution in [0.15, 0.2) is 18.5 Å². The quantitative estimate of drug-likeness (QED) is 0.683. The molecule has 0 atom stereocenters. The van der Waals surface area contributed by atoms with E-state index < -0.39 is 11.9 Å². The third kappa shape index (κ3) is 3.79. The summed E-state index contributed by atoms with van der Waals surface area (Å²) in [6.45, 7) is -0.491. The molecule has 7 heteroatoms. The van der Waals surface area contributed by atoms with Crippen LogP contribution in [-0.4, -0.2) is 35.1 Å². The largest absolute Gasteiger partial charge is 0.481 e. The van der Waals surface area contributed by atoms with E-state index in [1.54, 1.807) is 6.07 Å². The molecule has 0 radical (unpaired) electrons. The fraction of sp³-hybridized carbons (Fsp3) is 0.200. The first-order chi connectivity index (χ1) is 8.15. The summed E-state index contributed by atoms with van der Waals surface area (Å²) in [5.41, 5.74) is -0.0758. The average Bonchev–Trinajstić information content (AvgIpc) is 2.34. The van der Waals surface area contributed by atoms with Crippen LogP contribution in [0.25, 0.3) is 0 Å². The van der Waals surface area contributed by atoms with Crippen molar-refractivity contribution in [2.45, 2.75) is 0 Å². The average molecular weight is 235 g/mol. The second-order valence-corrected chi connectivity index (χ2v) is 2.90. The minimum absolute atomic E-state index is 0.00658. The molecule has 0 fully saturated rings. The summed E-state index contributed by atoms with van der Waals surface area (Å²) in [5, 5.41) is 19.3. The molecular weight excluding hydrogens is 226 g/mol. The minimum Gasteiger partial charge on any atom is -0.481 e. The lowest BCUT2D eigenvalue weighted by Crippen LogP contribution is -2.29. The smallest absolute Gasteiger partial charge is 0.339 e. The van der Waals surface area contributed by atoms with Gasteiger partial charge < -0.3 is 15.2 Å². The van der Waals surface area contributed by atoms with Gasteiger partial charge in [0.2, 0.25) is 0 Å². The van der Waals surface area contributed by atoms with Crippen LogP contribution in [0.5, 0.6) is 5.75 Å². The molecule has 0 aromatic carbocycles. The number of pyridine rings is 1. The molecule has 1 heterocycles. The van der Waals surface area contributed by atoms with E-state index in [1.165, 1.54) is 18.5 Å². The molecule has 0 aliphatic rings. The summed E-state index contributed by atoms with van der Waals surface area (Å²) in [4.78, 5) is 25.6. The Kier molecular flexibility index (Phi) is 4.45. The van der Waals surface area contributed by atoms with Gasteiger partial charge in [-0.05, 0) is 6.07 Å². The first-order valence-corrected chi connectivity index (χ1v) is 4.59. The molecule has 1 aromatic heterocycles. The number of hydrogen-bond donors (Lipinski definition) is 2. The third-order valence-electron chi connectivity index (χ3n) is 1.74. The summed E-state index contributed by atoms with van der Waals surface area (Å²) >= 11 is 0. The highest BCUT2D eigenvalue weighted by Gasteiger charge is 2.12. The van der Waals surface area contributed by atoms with Gasteiger partial charge in [0.05, 0.1) is 12.3 Å². The third-order valence-corrected chi connectivity index (χ3v) is 1.74. The van der Waals surface area contributed by atoms with Crippen LogP contribution in [0.1, 0.15) is 10.4 Å². The first-order valence-electron chi connectivity index (χ1n) is 4.59. The van der Waals surface area contributed by atoms with Gasteiger partial charge in [0.25, 0.3) is 5.91 Å². The maximum atomic E-state index is 11.1.